The zero-order valence-electron chi connectivity index (χ0n) is 13.3. The first kappa shape index (κ1) is 16.3. The van der Waals surface area contributed by atoms with E-state index in [2.05, 4.69) is 12.2 Å². The minimum atomic E-state index is -0.346. The molecule has 5 heteroatoms. The molecule has 1 N–H and O–H groups in total. The Hall–Kier alpha value is -2.04. The van der Waals surface area contributed by atoms with Gasteiger partial charge in [0.05, 0.1) is 12.2 Å². The lowest BCUT2D eigenvalue weighted by molar-refractivity contribution is 0.0526. The average molecular weight is 304 g/mol. The number of anilines is 1. The van der Waals surface area contributed by atoms with Crippen molar-refractivity contribution in [2.45, 2.75) is 33.1 Å². The number of esters is 1. The van der Waals surface area contributed by atoms with Crippen molar-refractivity contribution in [3.8, 4) is 0 Å². The van der Waals surface area contributed by atoms with Gasteiger partial charge in [0.2, 0.25) is 0 Å². The van der Waals surface area contributed by atoms with Crippen molar-refractivity contribution in [3.05, 3.63) is 29.8 Å². The third-order valence-electron chi connectivity index (χ3n) is 3.60. The number of carbonyl (C=O) groups is 2. The Kier molecular flexibility index (Phi) is 5.81. The number of nitrogens with zero attached hydrogens (tertiary/aromatic N) is 1. The van der Waals surface area contributed by atoms with Gasteiger partial charge in [0.15, 0.2) is 0 Å². The molecule has 2 rings (SSSR count). The SMILES string of the molecule is CCCN(CC1CC1)C(=O)Nc1ccc(C(=O)OCC)cc1. The van der Waals surface area contributed by atoms with Crippen LogP contribution in [0.4, 0.5) is 10.5 Å². The topological polar surface area (TPSA) is 58.6 Å². The zero-order valence-corrected chi connectivity index (χ0v) is 13.3. The Bertz CT molecular complexity index is 509. The summed E-state index contributed by atoms with van der Waals surface area (Å²) < 4.78 is 4.94. The smallest absolute Gasteiger partial charge is 0.338 e. The number of urea groups is 1. The minimum absolute atomic E-state index is 0.0716. The van der Waals surface area contributed by atoms with Crippen LogP contribution in [0, 0.1) is 5.92 Å². The summed E-state index contributed by atoms with van der Waals surface area (Å²) in [6.07, 6.45) is 3.39. The van der Waals surface area contributed by atoms with Crippen molar-refractivity contribution in [2.75, 3.05) is 25.0 Å². The van der Waals surface area contributed by atoms with E-state index < -0.39 is 0 Å². The molecular weight excluding hydrogens is 280 g/mol. The number of nitrogens with one attached hydrogen (secondary N) is 1. The van der Waals surface area contributed by atoms with Gasteiger partial charge < -0.3 is 15.0 Å². The molecule has 0 saturated heterocycles. The predicted molar refractivity (Wildman–Crippen MR) is 86.0 cm³/mol. The molecule has 1 aromatic carbocycles. The van der Waals surface area contributed by atoms with E-state index in [9.17, 15) is 9.59 Å². The van der Waals surface area contributed by atoms with Crippen molar-refractivity contribution in [1.29, 1.82) is 0 Å². The van der Waals surface area contributed by atoms with Crippen molar-refractivity contribution >= 4 is 17.7 Å². The van der Waals surface area contributed by atoms with Crippen molar-refractivity contribution < 1.29 is 14.3 Å². The van der Waals surface area contributed by atoms with Gasteiger partial charge in [-0.05, 0) is 56.4 Å². The highest BCUT2D eigenvalue weighted by molar-refractivity contribution is 5.92. The summed E-state index contributed by atoms with van der Waals surface area (Å²) in [5.74, 6) is 0.324. The van der Waals surface area contributed by atoms with E-state index in [1.807, 2.05) is 4.90 Å². The first-order chi connectivity index (χ1) is 10.6. The lowest BCUT2D eigenvalue weighted by atomic mass is 10.2. The van der Waals surface area contributed by atoms with Gasteiger partial charge in [-0.25, -0.2) is 9.59 Å². The fourth-order valence-corrected chi connectivity index (χ4v) is 2.26. The summed E-state index contributed by atoms with van der Waals surface area (Å²) in [4.78, 5) is 25.8. The normalized spacial score (nSPS) is 13.5. The van der Waals surface area contributed by atoms with Gasteiger partial charge in [-0.15, -0.1) is 0 Å². The number of hydrogen-bond donors (Lipinski definition) is 1. The van der Waals surface area contributed by atoms with Gasteiger partial charge in [-0.1, -0.05) is 6.92 Å². The number of benzene rings is 1. The highest BCUT2D eigenvalue weighted by Crippen LogP contribution is 2.30. The molecule has 0 unspecified atom stereocenters. The predicted octanol–water partition coefficient (Wildman–Crippen LogP) is 3.52. The molecule has 0 aliphatic heterocycles. The molecule has 0 heterocycles. The van der Waals surface area contributed by atoms with E-state index in [1.165, 1.54) is 12.8 Å². The molecule has 1 saturated carbocycles. The highest BCUT2D eigenvalue weighted by atomic mass is 16.5. The second kappa shape index (κ2) is 7.82. The molecule has 0 bridgehead atoms. The van der Waals surface area contributed by atoms with Crippen LogP contribution in [0.5, 0.6) is 0 Å². The second-order valence-corrected chi connectivity index (χ2v) is 5.62. The Morgan fingerprint density at radius 1 is 1.23 bits per heavy atom. The minimum Gasteiger partial charge on any atom is -0.462 e. The quantitative estimate of drug-likeness (QED) is 0.784. The number of ether oxygens (including phenoxy) is 1. The number of amides is 2. The summed E-state index contributed by atoms with van der Waals surface area (Å²) in [5, 5.41) is 2.89. The first-order valence-electron chi connectivity index (χ1n) is 7.97. The van der Waals surface area contributed by atoms with Crippen LogP contribution >= 0.6 is 0 Å². The van der Waals surface area contributed by atoms with E-state index in [0.29, 0.717) is 23.8 Å². The maximum atomic E-state index is 12.3. The fraction of sp³-hybridized carbons (Fsp3) is 0.529. The van der Waals surface area contributed by atoms with Crippen LogP contribution in [-0.2, 0) is 4.74 Å². The fourth-order valence-electron chi connectivity index (χ4n) is 2.26. The van der Waals surface area contributed by atoms with E-state index >= 15 is 0 Å². The van der Waals surface area contributed by atoms with Crippen molar-refractivity contribution in [3.63, 3.8) is 0 Å². The van der Waals surface area contributed by atoms with Crippen molar-refractivity contribution in [2.24, 2.45) is 5.92 Å². The largest absolute Gasteiger partial charge is 0.462 e. The van der Waals surface area contributed by atoms with E-state index in [1.54, 1.807) is 31.2 Å². The molecule has 1 aliphatic rings. The number of carbonyl (C=O) groups excluding carboxylic acids is 2. The van der Waals surface area contributed by atoms with Crippen LogP contribution in [0.3, 0.4) is 0 Å². The maximum absolute atomic E-state index is 12.3. The van der Waals surface area contributed by atoms with Crippen LogP contribution in [0.25, 0.3) is 0 Å². The molecule has 1 fully saturated rings. The molecule has 5 nitrogen and oxygen atoms in total. The molecule has 0 atom stereocenters. The number of hydrogen-bond acceptors (Lipinski definition) is 3. The van der Waals surface area contributed by atoms with E-state index in [4.69, 9.17) is 4.74 Å². The van der Waals surface area contributed by atoms with Gasteiger partial charge in [0, 0.05) is 18.8 Å². The van der Waals surface area contributed by atoms with Crippen molar-refractivity contribution in [1.82, 2.24) is 4.90 Å². The summed E-state index contributed by atoms with van der Waals surface area (Å²) in [6.45, 7) is 5.80. The maximum Gasteiger partial charge on any atom is 0.338 e. The van der Waals surface area contributed by atoms with E-state index in [0.717, 1.165) is 19.5 Å². The lowest BCUT2D eigenvalue weighted by Gasteiger charge is -2.22. The van der Waals surface area contributed by atoms with Gasteiger partial charge in [0.1, 0.15) is 0 Å². The molecule has 1 aromatic rings. The third kappa shape index (κ3) is 4.76. The monoisotopic (exact) mass is 304 g/mol. The Morgan fingerprint density at radius 2 is 1.91 bits per heavy atom. The molecule has 1 aliphatic carbocycles. The zero-order chi connectivity index (χ0) is 15.9. The second-order valence-electron chi connectivity index (χ2n) is 5.62. The van der Waals surface area contributed by atoms with Crippen LogP contribution in [0.15, 0.2) is 24.3 Å². The highest BCUT2D eigenvalue weighted by Gasteiger charge is 2.26. The van der Waals surface area contributed by atoms with Gasteiger partial charge in [0.25, 0.3) is 0 Å². The molecule has 0 radical (unpaired) electrons. The van der Waals surface area contributed by atoms with E-state index in [-0.39, 0.29) is 12.0 Å². The molecule has 2 amide bonds. The van der Waals surface area contributed by atoms with Crippen LogP contribution < -0.4 is 5.32 Å². The summed E-state index contributed by atoms with van der Waals surface area (Å²) in [5.41, 5.74) is 1.18. The molecular formula is C17H24N2O3. The van der Waals surface area contributed by atoms with Crippen LogP contribution in [0.1, 0.15) is 43.5 Å². The summed E-state index contributed by atoms with van der Waals surface area (Å²) in [7, 11) is 0. The van der Waals surface area contributed by atoms with Gasteiger partial charge >= 0.3 is 12.0 Å². The number of rotatable bonds is 7. The Balaban J connectivity index is 1.93. The Labute approximate surface area is 131 Å². The molecule has 0 spiro atoms. The summed E-state index contributed by atoms with van der Waals surface area (Å²) >= 11 is 0. The third-order valence-corrected chi connectivity index (χ3v) is 3.60. The van der Waals surface area contributed by atoms with Gasteiger partial charge in [-0.3, -0.25) is 0 Å². The van der Waals surface area contributed by atoms with Crippen LogP contribution in [-0.4, -0.2) is 36.6 Å². The van der Waals surface area contributed by atoms with Crippen LogP contribution in [0.2, 0.25) is 0 Å². The van der Waals surface area contributed by atoms with Gasteiger partial charge in [-0.2, -0.15) is 0 Å². The molecule has 0 aromatic heterocycles. The molecule has 22 heavy (non-hydrogen) atoms. The summed E-state index contributed by atoms with van der Waals surface area (Å²) in [6, 6.07) is 6.71. The first-order valence-corrected chi connectivity index (χ1v) is 7.97. The standard InChI is InChI=1S/C17H24N2O3/c1-3-11-19(12-13-5-6-13)17(21)18-15-9-7-14(8-10-15)16(20)22-4-2/h7-10,13H,3-6,11-12H2,1-2H3,(H,18,21). The lowest BCUT2D eigenvalue weighted by Crippen LogP contribution is -2.37. The molecule has 120 valence electrons. The Morgan fingerprint density at radius 3 is 2.45 bits per heavy atom. The average Bonchev–Trinajstić information content (AvgIpc) is 3.32.